The molecule has 7 heteroatoms. The number of aromatic amines is 1. The van der Waals surface area contributed by atoms with E-state index in [1.165, 1.54) is 18.7 Å². The van der Waals surface area contributed by atoms with Gasteiger partial charge in [-0.3, -0.25) is 0 Å². The fourth-order valence-corrected chi connectivity index (χ4v) is 3.75. The maximum atomic E-state index is 13.1. The Balaban J connectivity index is 1.60. The molecule has 2 amide bonds. The lowest BCUT2D eigenvalue weighted by Crippen LogP contribution is -2.53. The lowest BCUT2D eigenvalue weighted by Gasteiger charge is -2.36. The van der Waals surface area contributed by atoms with Crippen molar-refractivity contribution in [3.05, 3.63) is 36.0 Å². The Bertz CT molecular complexity index is 766. The Kier molecular flexibility index (Phi) is 4.43. The average molecular weight is 353 g/mol. The van der Waals surface area contributed by atoms with Gasteiger partial charge in [0, 0.05) is 30.2 Å². The summed E-state index contributed by atoms with van der Waals surface area (Å²) in [6.45, 7) is 3.47. The van der Waals surface area contributed by atoms with Crippen molar-refractivity contribution >= 4 is 16.9 Å². The molecule has 1 aromatic carbocycles. The molecule has 136 valence electrons. The average Bonchev–Trinajstić information content (AvgIpc) is 3.07. The highest BCUT2D eigenvalue weighted by Gasteiger charge is 2.56. The van der Waals surface area contributed by atoms with E-state index in [2.05, 4.69) is 10.3 Å². The smallest absolute Gasteiger partial charge is 0.361 e. The van der Waals surface area contributed by atoms with Crippen LogP contribution in [0.25, 0.3) is 10.9 Å². The first-order valence-electron chi connectivity index (χ1n) is 8.38. The van der Waals surface area contributed by atoms with Gasteiger partial charge in [0.15, 0.2) is 0 Å². The maximum absolute atomic E-state index is 13.1. The van der Waals surface area contributed by atoms with Crippen LogP contribution in [-0.4, -0.2) is 40.7 Å². The standard InChI is InChI=1S/C18H22F3N3O/c1-17(2)15(18(19,20)21)8-10-24(17)16(25)22-9-7-12-11-23-14-6-4-3-5-13(12)14/h3-6,11,15,23H,7-10H2,1-2H3,(H,22,25). The molecule has 2 heterocycles. The van der Waals surface area contributed by atoms with Crippen LogP contribution in [-0.2, 0) is 6.42 Å². The number of amides is 2. The zero-order valence-corrected chi connectivity index (χ0v) is 14.3. The van der Waals surface area contributed by atoms with Crippen molar-refractivity contribution in [1.29, 1.82) is 0 Å². The third kappa shape index (κ3) is 3.32. The number of carbonyl (C=O) groups excluding carboxylic acids is 1. The van der Waals surface area contributed by atoms with E-state index >= 15 is 0 Å². The number of alkyl halides is 3. The van der Waals surface area contributed by atoms with Crippen molar-refractivity contribution in [2.45, 2.75) is 38.4 Å². The number of hydrogen-bond donors (Lipinski definition) is 2. The fraction of sp³-hybridized carbons (Fsp3) is 0.500. The van der Waals surface area contributed by atoms with Gasteiger partial charge in [0.2, 0.25) is 0 Å². The van der Waals surface area contributed by atoms with E-state index in [1.54, 1.807) is 0 Å². The third-order valence-corrected chi connectivity index (χ3v) is 5.18. The van der Waals surface area contributed by atoms with Crippen LogP contribution < -0.4 is 5.32 Å². The van der Waals surface area contributed by atoms with Crippen LogP contribution in [0.5, 0.6) is 0 Å². The number of rotatable bonds is 3. The normalized spacial score (nSPS) is 20.2. The predicted molar refractivity (Wildman–Crippen MR) is 90.3 cm³/mol. The number of benzene rings is 1. The van der Waals surface area contributed by atoms with E-state index in [9.17, 15) is 18.0 Å². The Morgan fingerprint density at radius 3 is 2.76 bits per heavy atom. The molecule has 25 heavy (non-hydrogen) atoms. The fourth-order valence-electron chi connectivity index (χ4n) is 3.75. The maximum Gasteiger partial charge on any atom is 0.394 e. The molecule has 0 radical (unpaired) electrons. The van der Waals surface area contributed by atoms with Crippen LogP contribution in [0.3, 0.4) is 0 Å². The Labute approximate surface area is 144 Å². The van der Waals surface area contributed by atoms with Crippen molar-refractivity contribution in [3.8, 4) is 0 Å². The minimum atomic E-state index is -4.29. The van der Waals surface area contributed by atoms with E-state index in [0.29, 0.717) is 13.0 Å². The molecular formula is C18H22F3N3O. The molecule has 3 rings (SSSR count). The summed E-state index contributed by atoms with van der Waals surface area (Å²) in [4.78, 5) is 16.8. The van der Waals surface area contributed by atoms with Crippen LogP contribution >= 0.6 is 0 Å². The molecule has 1 saturated heterocycles. The quantitative estimate of drug-likeness (QED) is 0.858. The van der Waals surface area contributed by atoms with E-state index in [0.717, 1.165) is 16.5 Å². The molecule has 0 saturated carbocycles. The van der Waals surface area contributed by atoms with Crippen LogP contribution in [0.1, 0.15) is 25.8 Å². The van der Waals surface area contributed by atoms with Crippen molar-refractivity contribution < 1.29 is 18.0 Å². The molecule has 1 unspecified atom stereocenters. The Morgan fingerprint density at radius 2 is 2.08 bits per heavy atom. The summed E-state index contributed by atoms with van der Waals surface area (Å²) >= 11 is 0. The predicted octanol–water partition coefficient (Wildman–Crippen LogP) is 4.08. The number of likely N-dealkylation sites (tertiary alicyclic amines) is 1. The highest BCUT2D eigenvalue weighted by Crippen LogP contribution is 2.44. The van der Waals surface area contributed by atoms with Crippen LogP contribution in [0.2, 0.25) is 0 Å². The number of aromatic nitrogens is 1. The molecule has 0 aliphatic carbocycles. The summed E-state index contributed by atoms with van der Waals surface area (Å²) in [5.41, 5.74) is 0.866. The number of H-pyrrole nitrogens is 1. The van der Waals surface area contributed by atoms with Crippen LogP contribution in [0.15, 0.2) is 30.5 Å². The number of hydrogen-bond acceptors (Lipinski definition) is 1. The zero-order valence-electron chi connectivity index (χ0n) is 14.3. The molecular weight excluding hydrogens is 331 g/mol. The van der Waals surface area contributed by atoms with Crippen molar-refractivity contribution in [3.63, 3.8) is 0 Å². The molecule has 1 atom stereocenters. The number of fused-ring (bicyclic) bond motifs is 1. The summed E-state index contributed by atoms with van der Waals surface area (Å²) in [5, 5.41) is 3.85. The first-order valence-corrected chi connectivity index (χ1v) is 8.38. The van der Waals surface area contributed by atoms with Crippen LogP contribution in [0.4, 0.5) is 18.0 Å². The van der Waals surface area contributed by atoms with E-state index in [4.69, 9.17) is 0 Å². The number of nitrogens with zero attached hydrogens (tertiary/aromatic N) is 1. The van der Waals surface area contributed by atoms with Gasteiger partial charge in [0.25, 0.3) is 0 Å². The molecule has 1 aromatic heterocycles. The monoisotopic (exact) mass is 353 g/mol. The van der Waals surface area contributed by atoms with Gasteiger partial charge in [-0.15, -0.1) is 0 Å². The second-order valence-corrected chi connectivity index (χ2v) is 7.03. The van der Waals surface area contributed by atoms with Gasteiger partial charge in [-0.1, -0.05) is 18.2 Å². The summed E-state index contributed by atoms with van der Waals surface area (Å²) < 4.78 is 39.4. The summed E-state index contributed by atoms with van der Waals surface area (Å²) in [6, 6.07) is 7.43. The highest BCUT2D eigenvalue weighted by atomic mass is 19.4. The molecule has 1 fully saturated rings. The molecule has 2 N–H and O–H groups in total. The molecule has 1 aliphatic rings. The molecule has 0 bridgehead atoms. The minimum absolute atomic E-state index is 0.0492. The molecule has 0 spiro atoms. The number of carbonyl (C=O) groups is 1. The van der Waals surface area contributed by atoms with Gasteiger partial charge in [-0.25, -0.2) is 4.79 Å². The first kappa shape index (κ1) is 17.6. The van der Waals surface area contributed by atoms with Crippen LogP contribution in [0, 0.1) is 5.92 Å². The number of nitrogens with one attached hydrogen (secondary N) is 2. The van der Waals surface area contributed by atoms with Gasteiger partial charge in [-0.2, -0.15) is 13.2 Å². The number of para-hydroxylation sites is 1. The highest BCUT2D eigenvalue weighted by molar-refractivity contribution is 5.83. The summed E-state index contributed by atoms with van der Waals surface area (Å²) in [5.74, 6) is -1.49. The molecule has 4 nitrogen and oxygen atoms in total. The van der Waals surface area contributed by atoms with Gasteiger partial charge in [0.1, 0.15) is 0 Å². The van der Waals surface area contributed by atoms with Gasteiger partial charge >= 0.3 is 12.2 Å². The van der Waals surface area contributed by atoms with Gasteiger partial charge in [-0.05, 0) is 38.3 Å². The third-order valence-electron chi connectivity index (χ3n) is 5.18. The number of halogens is 3. The van der Waals surface area contributed by atoms with E-state index < -0.39 is 23.7 Å². The SMILES string of the molecule is CC1(C)C(C(F)(F)F)CCN1C(=O)NCCc1c[nH]c2ccccc12. The first-order chi connectivity index (χ1) is 11.7. The Morgan fingerprint density at radius 1 is 1.36 bits per heavy atom. The summed E-state index contributed by atoms with van der Waals surface area (Å²) in [7, 11) is 0. The Hall–Kier alpha value is -2.18. The second kappa shape index (κ2) is 6.28. The largest absolute Gasteiger partial charge is 0.394 e. The molecule has 1 aliphatic heterocycles. The topological polar surface area (TPSA) is 48.1 Å². The van der Waals surface area contributed by atoms with Gasteiger partial charge in [0.05, 0.1) is 11.5 Å². The second-order valence-electron chi connectivity index (χ2n) is 7.03. The van der Waals surface area contributed by atoms with Crippen molar-refractivity contribution in [2.75, 3.05) is 13.1 Å². The zero-order chi connectivity index (χ0) is 18.2. The molecule has 2 aromatic rings. The lowest BCUT2D eigenvalue weighted by atomic mass is 9.88. The van der Waals surface area contributed by atoms with Crippen molar-refractivity contribution in [2.24, 2.45) is 5.92 Å². The number of urea groups is 1. The van der Waals surface area contributed by atoms with Crippen molar-refractivity contribution in [1.82, 2.24) is 15.2 Å². The van der Waals surface area contributed by atoms with Gasteiger partial charge < -0.3 is 15.2 Å². The minimum Gasteiger partial charge on any atom is -0.361 e. The summed E-state index contributed by atoms with van der Waals surface area (Å²) in [6.07, 6.45) is -1.82. The van der Waals surface area contributed by atoms with E-state index in [-0.39, 0.29) is 13.0 Å². The lowest BCUT2D eigenvalue weighted by molar-refractivity contribution is -0.189. The van der Waals surface area contributed by atoms with E-state index in [1.807, 2.05) is 30.5 Å².